The Morgan fingerprint density at radius 2 is 2.00 bits per heavy atom. The first kappa shape index (κ1) is 13.6. The number of alkyl halides is 1. The third kappa shape index (κ3) is 2.88. The Labute approximate surface area is 127 Å². The topological polar surface area (TPSA) is 20.3 Å². The van der Waals surface area contributed by atoms with Gasteiger partial charge in [0.2, 0.25) is 5.91 Å². The molecular formula is C17H18BrNO. The molecule has 1 aliphatic heterocycles. The van der Waals surface area contributed by atoms with Gasteiger partial charge < -0.3 is 4.90 Å². The first-order chi connectivity index (χ1) is 9.76. The van der Waals surface area contributed by atoms with Gasteiger partial charge in [-0.3, -0.25) is 4.79 Å². The van der Waals surface area contributed by atoms with Gasteiger partial charge in [0.25, 0.3) is 0 Å². The van der Waals surface area contributed by atoms with Crippen LogP contribution in [0.1, 0.15) is 12.0 Å². The highest BCUT2D eigenvalue weighted by atomic mass is 79.9. The Balaban J connectivity index is 1.71. The number of nitrogens with zero attached hydrogens (tertiary/aromatic N) is 1. The zero-order valence-corrected chi connectivity index (χ0v) is 13.0. The summed E-state index contributed by atoms with van der Waals surface area (Å²) in [4.78, 5) is 14.3. The number of rotatable bonds is 3. The van der Waals surface area contributed by atoms with E-state index in [0.29, 0.717) is 12.3 Å². The van der Waals surface area contributed by atoms with Crippen molar-refractivity contribution in [3.8, 4) is 0 Å². The highest BCUT2D eigenvalue weighted by Crippen LogP contribution is 2.20. The fourth-order valence-corrected chi connectivity index (χ4v) is 3.35. The molecule has 0 radical (unpaired) electrons. The number of carbonyl (C=O) groups excluding carboxylic acids is 1. The minimum Gasteiger partial charge on any atom is -0.342 e. The van der Waals surface area contributed by atoms with E-state index in [1.807, 2.05) is 17.0 Å². The van der Waals surface area contributed by atoms with Gasteiger partial charge in [-0.05, 0) is 28.7 Å². The summed E-state index contributed by atoms with van der Waals surface area (Å²) in [7, 11) is 0. The molecule has 2 nitrogen and oxygen atoms in total. The Bertz CT molecular complexity index is 625. The lowest BCUT2D eigenvalue weighted by atomic mass is 10.0. The van der Waals surface area contributed by atoms with Gasteiger partial charge in [0.15, 0.2) is 0 Å². The van der Waals surface area contributed by atoms with Crippen LogP contribution in [0.2, 0.25) is 0 Å². The predicted octanol–water partition coefficient (Wildman–Crippen LogP) is 3.63. The zero-order chi connectivity index (χ0) is 13.9. The van der Waals surface area contributed by atoms with Gasteiger partial charge in [0, 0.05) is 18.4 Å². The molecule has 0 N–H and O–H groups in total. The highest BCUT2D eigenvalue weighted by Gasteiger charge is 2.25. The van der Waals surface area contributed by atoms with Crippen molar-refractivity contribution in [2.75, 3.05) is 18.4 Å². The summed E-state index contributed by atoms with van der Waals surface area (Å²) in [6, 6.07) is 14.6. The molecule has 0 saturated carbocycles. The van der Waals surface area contributed by atoms with E-state index in [4.69, 9.17) is 0 Å². The summed E-state index contributed by atoms with van der Waals surface area (Å²) in [5.41, 5.74) is 1.11. The Morgan fingerprint density at radius 3 is 2.75 bits per heavy atom. The van der Waals surface area contributed by atoms with Crippen molar-refractivity contribution < 1.29 is 4.79 Å². The van der Waals surface area contributed by atoms with Crippen molar-refractivity contribution in [1.82, 2.24) is 4.90 Å². The second-order valence-electron chi connectivity index (χ2n) is 5.51. The molecule has 1 fully saturated rings. The molecule has 3 heteroatoms. The molecule has 20 heavy (non-hydrogen) atoms. The molecule has 104 valence electrons. The van der Waals surface area contributed by atoms with Crippen LogP contribution in [0.3, 0.4) is 0 Å². The van der Waals surface area contributed by atoms with Crippen molar-refractivity contribution in [3.63, 3.8) is 0 Å². The van der Waals surface area contributed by atoms with E-state index in [1.165, 1.54) is 10.8 Å². The van der Waals surface area contributed by atoms with Crippen LogP contribution in [0.15, 0.2) is 42.5 Å². The number of hydrogen-bond donors (Lipinski definition) is 0. The summed E-state index contributed by atoms with van der Waals surface area (Å²) in [6.45, 7) is 1.81. The van der Waals surface area contributed by atoms with Crippen LogP contribution >= 0.6 is 15.9 Å². The lowest BCUT2D eigenvalue weighted by molar-refractivity contribution is -0.129. The molecule has 0 spiro atoms. The maximum absolute atomic E-state index is 12.3. The minimum absolute atomic E-state index is 0.253. The smallest absolute Gasteiger partial charge is 0.226 e. The number of benzene rings is 2. The monoisotopic (exact) mass is 331 g/mol. The van der Waals surface area contributed by atoms with E-state index in [9.17, 15) is 4.79 Å². The van der Waals surface area contributed by atoms with Gasteiger partial charge in [0.05, 0.1) is 6.42 Å². The first-order valence-corrected chi connectivity index (χ1v) is 8.20. The third-order valence-corrected chi connectivity index (χ3v) is 4.94. The Hall–Kier alpha value is -1.35. The van der Waals surface area contributed by atoms with E-state index < -0.39 is 0 Å². The van der Waals surface area contributed by atoms with Crippen LogP contribution in [0.4, 0.5) is 0 Å². The Kier molecular flexibility index (Phi) is 4.06. The van der Waals surface area contributed by atoms with Crippen LogP contribution in [-0.4, -0.2) is 29.2 Å². The molecule has 1 heterocycles. The van der Waals surface area contributed by atoms with Crippen molar-refractivity contribution in [3.05, 3.63) is 48.0 Å². The molecule has 1 amide bonds. The normalized spacial score (nSPS) is 18.6. The molecule has 1 aliphatic rings. The van der Waals surface area contributed by atoms with Crippen LogP contribution in [0.5, 0.6) is 0 Å². The quantitative estimate of drug-likeness (QED) is 0.786. The van der Waals surface area contributed by atoms with Crippen LogP contribution in [-0.2, 0) is 11.2 Å². The molecular weight excluding hydrogens is 314 g/mol. The van der Waals surface area contributed by atoms with Crippen molar-refractivity contribution in [2.45, 2.75) is 12.8 Å². The van der Waals surface area contributed by atoms with Crippen molar-refractivity contribution >= 4 is 32.6 Å². The van der Waals surface area contributed by atoms with E-state index >= 15 is 0 Å². The molecule has 0 bridgehead atoms. The van der Waals surface area contributed by atoms with E-state index in [1.54, 1.807) is 0 Å². The average molecular weight is 332 g/mol. The number of halogens is 1. The molecule has 1 saturated heterocycles. The first-order valence-electron chi connectivity index (χ1n) is 7.07. The summed E-state index contributed by atoms with van der Waals surface area (Å²) >= 11 is 3.51. The average Bonchev–Trinajstić information content (AvgIpc) is 2.96. The van der Waals surface area contributed by atoms with Crippen LogP contribution < -0.4 is 0 Å². The van der Waals surface area contributed by atoms with Gasteiger partial charge in [0.1, 0.15) is 0 Å². The number of carbonyl (C=O) groups is 1. The van der Waals surface area contributed by atoms with Gasteiger partial charge in [-0.1, -0.05) is 58.4 Å². The standard InChI is InChI=1S/C17H18BrNO/c18-11-14-7-8-19(12-14)17(20)10-13-5-6-15-3-1-2-4-16(15)9-13/h1-6,9,14H,7-8,10-12H2. The van der Waals surface area contributed by atoms with E-state index in [-0.39, 0.29) is 5.91 Å². The second-order valence-corrected chi connectivity index (χ2v) is 6.15. The Morgan fingerprint density at radius 1 is 1.20 bits per heavy atom. The predicted molar refractivity (Wildman–Crippen MR) is 86.1 cm³/mol. The zero-order valence-electron chi connectivity index (χ0n) is 11.4. The van der Waals surface area contributed by atoms with E-state index in [2.05, 4.69) is 46.3 Å². The molecule has 2 aromatic rings. The lowest BCUT2D eigenvalue weighted by Crippen LogP contribution is -2.30. The number of fused-ring (bicyclic) bond motifs is 1. The number of likely N-dealkylation sites (tertiary alicyclic amines) is 1. The fraction of sp³-hybridized carbons (Fsp3) is 0.353. The molecule has 0 aromatic heterocycles. The summed E-state index contributed by atoms with van der Waals surface area (Å²) in [6.07, 6.45) is 1.63. The SMILES string of the molecule is O=C(Cc1ccc2ccccc2c1)N1CCC(CBr)C1. The molecule has 2 aromatic carbocycles. The maximum atomic E-state index is 12.3. The lowest BCUT2D eigenvalue weighted by Gasteiger charge is -2.16. The van der Waals surface area contributed by atoms with Gasteiger partial charge >= 0.3 is 0 Å². The fourth-order valence-electron chi connectivity index (χ4n) is 2.82. The van der Waals surface area contributed by atoms with Crippen LogP contribution in [0.25, 0.3) is 10.8 Å². The highest BCUT2D eigenvalue weighted by molar-refractivity contribution is 9.09. The number of amides is 1. The van der Waals surface area contributed by atoms with Crippen molar-refractivity contribution in [2.24, 2.45) is 5.92 Å². The summed E-state index contributed by atoms with van der Waals surface area (Å²) in [5, 5.41) is 3.43. The third-order valence-electron chi connectivity index (χ3n) is 4.03. The minimum atomic E-state index is 0.253. The summed E-state index contributed by atoms with van der Waals surface area (Å²) < 4.78 is 0. The summed E-state index contributed by atoms with van der Waals surface area (Å²) in [5.74, 6) is 0.874. The van der Waals surface area contributed by atoms with Crippen LogP contribution in [0, 0.1) is 5.92 Å². The molecule has 1 unspecified atom stereocenters. The second kappa shape index (κ2) is 5.96. The van der Waals surface area contributed by atoms with E-state index in [0.717, 1.165) is 30.4 Å². The largest absolute Gasteiger partial charge is 0.342 e. The van der Waals surface area contributed by atoms with Gasteiger partial charge in [-0.2, -0.15) is 0 Å². The molecule has 1 atom stereocenters. The van der Waals surface area contributed by atoms with Gasteiger partial charge in [-0.15, -0.1) is 0 Å². The maximum Gasteiger partial charge on any atom is 0.226 e. The molecule has 0 aliphatic carbocycles. The number of hydrogen-bond acceptors (Lipinski definition) is 1. The molecule has 3 rings (SSSR count). The van der Waals surface area contributed by atoms with Crippen molar-refractivity contribution in [1.29, 1.82) is 0 Å². The van der Waals surface area contributed by atoms with Gasteiger partial charge in [-0.25, -0.2) is 0 Å².